The van der Waals surface area contributed by atoms with Crippen molar-refractivity contribution in [2.24, 2.45) is 4.99 Å². The van der Waals surface area contributed by atoms with Gasteiger partial charge in [0.05, 0.1) is 0 Å². The van der Waals surface area contributed by atoms with E-state index in [0.717, 1.165) is 38.4 Å². The fraction of sp³-hybridized carbons (Fsp3) is 0.333. The van der Waals surface area contributed by atoms with Crippen molar-refractivity contribution in [3.05, 3.63) is 65.6 Å². The normalized spacial score (nSPS) is 11.7. The molecule has 0 spiro atoms. The Morgan fingerprint density at radius 2 is 2.12 bits per heavy atom. The largest absolute Gasteiger partial charge is 0.361 e. The molecular formula is C21H27N5. The first-order valence-electron chi connectivity index (χ1n) is 9.24. The third-order valence-electron chi connectivity index (χ3n) is 4.35. The number of aryl methyl sites for hydroxylation is 1. The third kappa shape index (κ3) is 4.85. The molecule has 3 rings (SSSR count). The highest BCUT2D eigenvalue weighted by Crippen LogP contribution is 2.19. The predicted molar refractivity (Wildman–Crippen MR) is 109 cm³/mol. The Morgan fingerprint density at radius 3 is 2.92 bits per heavy atom. The molecule has 26 heavy (non-hydrogen) atoms. The number of aliphatic imine (C=N–C) groups is 1. The molecule has 1 aromatic carbocycles. The summed E-state index contributed by atoms with van der Waals surface area (Å²) in [5, 5.41) is 8.00. The second-order valence-corrected chi connectivity index (χ2v) is 6.41. The topological polar surface area (TPSA) is 65.1 Å². The smallest absolute Gasteiger partial charge is 0.191 e. The minimum atomic E-state index is 0.753. The van der Waals surface area contributed by atoms with Gasteiger partial charge in [-0.3, -0.25) is 9.98 Å². The molecule has 0 fully saturated rings. The Hall–Kier alpha value is -2.82. The fourth-order valence-corrected chi connectivity index (χ4v) is 3.01. The monoisotopic (exact) mass is 349 g/mol. The summed E-state index contributed by atoms with van der Waals surface area (Å²) in [4.78, 5) is 12.2. The molecule has 0 radical (unpaired) electrons. The van der Waals surface area contributed by atoms with Crippen LogP contribution in [0, 0.1) is 6.92 Å². The molecule has 5 heteroatoms. The Kier molecular flexibility index (Phi) is 6.25. The van der Waals surface area contributed by atoms with Crippen molar-refractivity contribution in [3.63, 3.8) is 0 Å². The van der Waals surface area contributed by atoms with Gasteiger partial charge in [0.2, 0.25) is 0 Å². The third-order valence-corrected chi connectivity index (χ3v) is 4.35. The number of hydrogen-bond acceptors (Lipinski definition) is 2. The van der Waals surface area contributed by atoms with Gasteiger partial charge in [0.15, 0.2) is 5.96 Å². The van der Waals surface area contributed by atoms with Crippen LogP contribution in [0.4, 0.5) is 0 Å². The van der Waals surface area contributed by atoms with Crippen LogP contribution in [0.3, 0.4) is 0 Å². The van der Waals surface area contributed by atoms with E-state index < -0.39 is 0 Å². The first-order chi connectivity index (χ1) is 12.8. The van der Waals surface area contributed by atoms with Crippen LogP contribution in [0.1, 0.15) is 23.6 Å². The van der Waals surface area contributed by atoms with E-state index >= 15 is 0 Å². The Balaban J connectivity index is 1.54. The molecule has 3 N–H and O–H groups in total. The van der Waals surface area contributed by atoms with Crippen molar-refractivity contribution in [2.75, 3.05) is 19.6 Å². The van der Waals surface area contributed by atoms with Gasteiger partial charge in [0, 0.05) is 49.1 Å². The summed E-state index contributed by atoms with van der Waals surface area (Å²) in [7, 11) is 0. The molecule has 0 aliphatic heterocycles. The maximum absolute atomic E-state index is 4.71. The average Bonchev–Trinajstić information content (AvgIpc) is 3.04. The molecular weight excluding hydrogens is 322 g/mol. The van der Waals surface area contributed by atoms with Crippen molar-refractivity contribution >= 4 is 16.9 Å². The quantitative estimate of drug-likeness (QED) is 0.453. The molecule has 0 aliphatic rings. The second kappa shape index (κ2) is 9.04. The van der Waals surface area contributed by atoms with Crippen molar-refractivity contribution in [2.45, 2.75) is 26.7 Å². The van der Waals surface area contributed by atoms with Gasteiger partial charge >= 0.3 is 0 Å². The molecule has 0 atom stereocenters. The molecule has 136 valence electrons. The number of nitrogens with one attached hydrogen (secondary N) is 3. The van der Waals surface area contributed by atoms with Crippen molar-refractivity contribution in [1.29, 1.82) is 0 Å². The summed E-state index contributed by atoms with van der Waals surface area (Å²) in [5.41, 5.74) is 5.02. The number of nitrogens with zero attached hydrogens (tertiary/aromatic N) is 2. The molecule has 0 unspecified atom stereocenters. The lowest BCUT2D eigenvalue weighted by Gasteiger charge is -2.11. The standard InChI is InChI=1S/C21H27N5/c1-3-23-21(24-11-8-17-5-4-10-22-14-17)25-12-9-18-15-26-20-13-16(2)6-7-19(18)20/h4-7,10,13-15,26H,3,8-9,11-12H2,1-2H3,(H2,23,24,25). The van der Waals surface area contributed by atoms with Gasteiger partial charge < -0.3 is 15.6 Å². The van der Waals surface area contributed by atoms with E-state index in [2.05, 4.69) is 64.9 Å². The highest BCUT2D eigenvalue weighted by molar-refractivity contribution is 5.84. The van der Waals surface area contributed by atoms with Crippen molar-refractivity contribution in [1.82, 2.24) is 20.6 Å². The van der Waals surface area contributed by atoms with Crippen LogP contribution < -0.4 is 10.6 Å². The number of hydrogen-bond donors (Lipinski definition) is 3. The lowest BCUT2D eigenvalue weighted by Crippen LogP contribution is -2.38. The Morgan fingerprint density at radius 1 is 1.19 bits per heavy atom. The molecule has 0 saturated heterocycles. The van der Waals surface area contributed by atoms with Crippen LogP contribution in [-0.2, 0) is 12.8 Å². The number of guanidine groups is 1. The molecule has 2 aromatic heterocycles. The Bertz CT molecular complexity index is 851. The number of H-pyrrole nitrogens is 1. The molecule has 0 aliphatic carbocycles. The average molecular weight is 349 g/mol. The molecule has 0 saturated carbocycles. The molecule has 0 bridgehead atoms. The summed E-state index contributed by atoms with van der Waals surface area (Å²) in [6, 6.07) is 10.6. The number of pyridine rings is 1. The maximum Gasteiger partial charge on any atom is 0.191 e. The van der Waals surface area contributed by atoms with Crippen LogP contribution in [0.5, 0.6) is 0 Å². The molecule has 5 nitrogen and oxygen atoms in total. The van der Waals surface area contributed by atoms with E-state index in [9.17, 15) is 0 Å². The summed E-state index contributed by atoms with van der Waals surface area (Å²) >= 11 is 0. The zero-order chi connectivity index (χ0) is 18.2. The van der Waals surface area contributed by atoms with E-state index in [1.165, 1.54) is 27.6 Å². The number of aromatic amines is 1. The van der Waals surface area contributed by atoms with E-state index in [-0.39, 0.29) is 0 Å². The van der Waals surface area contributed by atoms with Crippen LogP contribution in [-0.4, -0.2) is 35.6 Å². The molecule has 2 heterocycles. The zero-order valence-corrected chi connectivity index (χ0v) is 15.5. The van der Waals surface area contributed by atoms with Crippen molar-refractivity contribution in [3.8, 4) is 0 Å². The van der Waals surface area contributed by atoms with Crippen LogP contribution in [0.25, 0.3) is 10.9 Å². The van der Waals surface area contributed by atoms with E-state index in [0.29, 0.717) is 0 Å². The van der Waals surface area contributed by atoms with Crippen LogP contribution >= 0.6 is 0 Å². The van der Waals surface area contributed by atoms with Gasteiger partial charge in [-0.15, -0.1) is 0 Å². The zero-order valence-electron chi connectivity index (χ0n) is 15.5. The van der Waals surface area contributed by atoms with Crippen LogP contribution in [0.2, 0.25) is 0 Å². The first-order valence-corrected chi connectivity index (χ1v) is 9.24. The number of rotatable bonds is 7. The van der Waals surface area contributed by atoms with Gasteiger partial charge in [0.25, 0.3) is 0 Å². The SMILES string of the molecule is CCNC(=NCCc1c[nH]c2cc(C)ccc12)NCCc1cccnc1. The summed E-state index contributed by atoms with van der Waals surface area (Å²) in [6.45, 7) is 6.64. The predicted octanol–water partition coefficient (Wildman–Crippen LogP) is 3.21. The van der Waals surface area contributed by atoms with Crippen LogP contribution in [0.15, 0.2) is 53.9 Å². The van der Waals surface area contributed by atoms with Gasteiger partial charge in [-0.05, 0) is 55.5 Å². The summed E-state index contributed by atoms with van der Waals surface area (Å²) in [5.74, 6) is 0.868. The lowest BCUT2D eigenvalue weighted by molar-refractivity contribution is 0.795. The highest BCUT2D eigenvalue weighted by atomic mass is 15.2. The van der Waals surface area contributed by atoms with E-state index in [4.69, 9.17) is 4.99 Å². The minimum absolute atomic E-state index is 0.753. The maximum atomic E-state index is 4.71. The fourth-order valence-electron chi connectivity index (χ4n) is 3.01. The van der Waals surface area contributed by atoms with Gasteiger partial charge in [-0.2, -0.15) is 0 Å². The molecule has 3 aromatic rings. The number of fused-ring (bicyclic) bond motifs is 1. The van der Waals surface area contributed by atoms with Gasteiger partial charge in [-0.25, -0.2) is 0 Å². The number of benzene rings is 1. The Labute approximate surface area is 155 Å². The van der Waals surface area contributed by atoms with Gasteiger partial charge in [-0.1, -0.05) is 18.2 Å². The first kappa shape index (κ1) is 18.0. The van der Waals surface area contributed by atoms with E-state index in [1.807, 2.05) is 12.3 Å². The van der Waals surface area contributed by atoms with Gasteiger partial charge in [0.1, 0.15) is 0 Å². The minimum Gasteiger partial charge on any atom is -0.361 e. The van der Waals surface area contributed by atoms with Crippen molar-refractivity contribution < 1.29 is 0 Å². The molecule has 0 amide bonds. The number of aromatic nitrogens is 2. The summed E-state index contributed by atoms with van der Waals surface area (Å²) < 4.78 is 0. The lowest BCUT2D eigenvalue weighted by atomic mass is 10.1. The second-order valence-electron chi connectivity index (χ2n) is 6.41. The van der Waals surface area contributed by atoms with E-state index in [1.54, 1.807) is 6.20 Å². The summed E-state index contributed by atoms with van der Waals surface area (Å²) in [6.07, 6.45) is 7.66. The highest BCUT2D eigenvalue weighted by Gasteiger charge is 2.04.